The Morgan fingerprint density at radius 3 is 2.82 bits per heavy atom. The SMILES string of the molecule is CCCc1ccc2c(c1)C(Br)CC(C)(C)CC2. The van der Waals surface area contributed by atoms with Crippen molar-refractivity contribution in [2.24, 2.45) is 5.41 Å². The molecular weight excluding hydrogens is 272 g/mol. The largest absolute Gasteiger partial charge is 0.0838 e. The van der Waals surface area contributed by atoms with Crippen LogP contribution in [0.15, 0.2) is 18.2 Å². The number of aryl methyl sites for hydroxylation is 2. The molecule has 94 valence electrons. The van der Waals surface area contributed by atoms with Crippen LogP contribution in [0.4, 0.5) is 0 Å². The smallest absolute Gasteiger partial charge is 0.0403 e. The van der Waals surface area contributed by atoms with Crippen LogP contribution >= 0.6 is 15.9 Å². The average Bonchev–Trinajstić information content (AvgIpc) is 2.37. The molecule has 0 bridgehead atoms. The molecule has 1 heteroatoms. The Bertz CT molecular complexity index is 393. The first kappa shape index (κ1) is 13.1. The van der Waals surface area contributed by atoms with Crippen molar-refractivity contribution in [3.63, 3.8) is 0 Å². The Hall–Kier alpha value is -0.300. The van der Waals surface area contributed by atoms with Crippen molar-refractivity contribution >= 4 is 15.9 Å². The van der Waals surface area contributed by atoms with E-state index in [0.29, 0.717) is 10.2 Å². The lowest BCUT2D eigenvalue weighted by atomic mass is 9.84. The highest BCUT2D eigenvalue weighted by Gasteiger charge is 2.28. The maximum atomic E-state index is 3.90. The fraction of sp³-hybridized carbons (Fsp3) is 0.625. The molecule has 1 atom stereocenters. The zero-order valence-corrected chi connectivity index (χ0v) is 12.8. The molecule has 0 N–H and O–H groups in total. The molecule has 0 radical (unpaired) electrons. The predicted octanol–water partition coefficient (Wildman–Crippen LogP) is 5.44. The van der Waals surface area contributed by atoms with Gasteiger partial charge in [-0.2, -0.15) is 0 Å². The summed E-state index contributed by atoms with van der Waals surface area (Å²) in [5.41, 5.74) is 5.05. The van der Waals surface area contributed by atoms with Crippen LogP contribution in [-0.2, 0) is 12.8 Å². The molecule has 0 amide bonds. The zero-order chi connectivity index (χ0) is 12.5. The molecule has 0 aliphatic heterocycles. The Labute approximate surface area is 114 Å². The van der Waals surface area contributed by atoms with Crippen molar-refractivity contribution in [1.29, 1.82) is 0 Å². The fourth-order valence-corrected chi connectivity index (χ4v) is 4.08. The molecule has 0 saturated carbocycles. The molecule has 0 heterocycles. The van der Waals surface area contributed by atoms with Crippen LogP contribution in [0.25, 0.3) is 0 Å². The van der Waals surface area contributed by atoms with Gasteiger partial charge in [0.1, 0.15) is 0 Å². The molecule has 17 heavy (non-hydrogen) atoms. The monoisotopic (exact) mass is 294 g/mol. The normalized spacial score (nSPS) is 22.9. The number of hydrogen-bond acceptors (Lipinski definition) is 0. The maximum Gasteiger partial charge on any atom is 0.0403 e. The van der Waals surface area contributed by atoms with Gasteiger partial charge in [0.15, 0.2) is 0 Å². The molecule has 0 nitrogen and oxygen atoms in total. The van der Waals surface area contributed by atoms with E-state index in [-0.39, 0.29) is 0 Å². The molecule has 0 saturated heterocycles. The van der Waals surface area contributed by atoms with Crippen molar-refractivity contribution < 1.29 is 0 Å². The molecule has 1 aromatic carbocycles. The van der Waals surface area contributed by atoms with Gasteiger partial charge in [-0.05, 0) is 47.8 Å². The van der Waals surface area contributed by atoms with Crippen LogP contribution < -0.4 is 0 Å². The van der Waals surface area contributed by atoms with E-state index in [2.05, 4.69) is 54.9 Å². The summed E-state index contributed by atoms with van der Waals surface area (Å²) in [7, 11) is 0. The minimum Gasteiger partial charge on any atom is -0.0838 e. The van der Waals surface area contributed by atoms with Crippen molar-refractivity contribution in [1.82, 2.24) is 0 Å². The second kappa shape index (κ2) is 5.14. The van der Waals surface area contributed by atoms with Gasteiger partial charge in [-0.15, -0.1) is 0 Å². The van der Waals surface area contributed by atoms with Crippen molar-refractivity contribution in [2.45, 2.75) is 57.7 Å². The van der Waals surface area contributed by atoms with Gasteiger partial charge in [0.25, 0.3) is 0 Å². The molecule has 1 unspecified atom stereocenters. The van der Waals surface area contributed by atoms with Crippen LogP contribution in [0.3, 0.4) is 0 Å². The zero-order valence-electron chi connectivity index (χ0n) is 11.2. The number of benzene rings is 1. The summed E-state index contributed by atoms with van der Waals surface area (Å²) in [6.07, 6.45) is 6.22. The summed E-state index contributed by atoms with van der Waals surface area (Å²) in [6.45, 7) is 7.03. The van der Waals surface area contributed by atoms with E-state index in [9.17, 15) is 0 Å². The Balaban J connectivity index is 2.32. The molecule has 0 aromatic heterocycles. The molecule has 2 rings (SSSR count). The second-order valence-corrected chi connectivity index (χ2v) is 7.22. The van der Waals surface area contributed by atoms with Crippen LogP contribution in [0.1, 0.15) is 61.6 Å². The van der Waals surface area contributed by atoms with E-state index in [1.54, 1.807) is 11.1 Å². The number of fused-ring (bicyclic) bond motifs is 1. The number of rotatable bonds is 2. The van der Waals surface area contributed by atoms with Crippen molar-refractivity contribution in [2.75, 3.05) is 0 Å². The summed E-state index contributed by atoms with van der Waals surface area (Å²) in [6, 6.07) is 7.11. The highest BCUT2D eigenvalue weighted by atomic mass is 79.9. The van der Waals surface area contributed by atoms with Crippen LogP contribution in [0.2, 0.25) is 0 Å². The van der Waals surface area contributed by atoms with E-state index >= 15 is 0 Å². The number of hydrogen-bond donors (Lipinski definition) is 0. The predicted molar refractivity (Wildman–Crippen MR) is 78.8 cm³/mol. The van der Waals surface area contributed by atoms with E-state index in [4.69, 9.17) is 0 Å². The first-order valence-electron chi connectivity index (χ1n) is 6.77. The van der Waals surface area contributed by atoms with Gasteiger partial charge in [-0.25, -0.2) is 0 Å². The Morgan fingerprint density at radius 2 is 2.12 bits per heavy atom. The molecule has 1 aliphatic rings. The average molecular weight is 295 g/mol. The van der Waals surface area contributed by atoms with Gasteiger partial charge in [0.05, 0.1) is 0 Å². The molecule has 1 aliphatic carbocycles. The summed E-state index contributed by atoms with van der Waals surface area (Å²) in [4.78, 5) is 0.534. The van der Waals surface area contributed by atoms with Crippen molar-refractivity contribution in [3.05, 3.63) is 34.9 Å². The third kappa shape index (κ3) is 3.13. The van der Waals surface area contributed by atoms with Crippen molar-refractivity contribution in [3.8, 4) is 0 Å². The third-order valence-electron chi connectivity index (χ3n) is 3.89. The quantitative estimate of drug-likeness (QED) is 0.503. The lowest BCUT2D eigenvalue weighted by molar-refractivity contribution is 0.316. The molecule has 1 aromatic rings. The summed E-state index contributed by atoms with van der Waals surface area (Å²) >= 11 is 3.90. The molecule has 0 fully saturated rings. The number of halogens is 1. The fourth-order valence-electron chi connectivity index (χ4n) is 2.78. The second-order valence-electron chi connectivity index (χ2n) is 6.12. The van der Waals surface area contributed by atoms with Gasteiger partial charge in [0, 0.05) is 4.83 Å². The van der Waals surface area contributed by atoms with Gasteiger partial charge < -0.3 is 0 Å². The first-order chi connectivity index (χ1) is 8.02. The van der Waals surface area contributed by atoms with Crippen LogP contribution in [0.5, 0.6) is 0 Å². The van der Waals surface area contributed by atoms with Gasteiger partial charge in [-0.1, -0.05) is 61.3 Å². The lowest BCUT2D eigenvalue weighted by Gasteiger charge is -2.24. The third-order valence-corrected chi connectivity index (χ3v) is 4.71. The summed E-state index contributed by atoms with van der Waals surface area (Å²) in [5, 5.41) is 0. The number of alkyl halides is 1. The maximum absolute atomic E-state index is 3.90. The Kier molecular flexibility index (Phi) is 3.97. The highest BCUT2D eigenvalue weighted by Crippen LogP contribution is 2.43. The first-order valence-corrected chi connectivity index (χ1v) is 7.69. The van der Waals surface area contributed by atoms with E-state index in [1.807, 2.05) is 0 Å². The minimum atomic E-state index is 0.456. The van der Waals surface area contributed by atoms with E-state index in [0.717, 1.165) is 0 Å². The highest BCUT2D eigenvalue weighted by molar-refractivity contribution is 9.09. The molecular formula is C16H23Br. The summed E-state index contributed by atoms with van der Waals surface area (Å²) < 4.78 is 0. The Morgan fingerprint density at radius 1 is 1.35 bits per heavy atom. The lowest BCUT2D eigenvalue weighted by Crippen LogP contribution is -2.11. The van der Waals surface area contributed by atoms with Gasteiger partial charge in [0.2, 0.25) is 0 Å². The van der Waals surface area contributed by atoms with E-state index < -0.39 is 0 Å². The van der Waals surface area contributed by atoms with E-state index in [1.165, 1.54) is 37.7 Å². The summed E-state index contributed by atoms with van der Waals surface area (Å²) in [5.74, 6) is 0. The topological polar surface area (TPSA) is 0 Å². The van der Waals surface area contributed by atoms with Gasteiger partial charge >= 0.3 is 0 Å². The minimum absolute atomic E-state index is 0.456. The van der Waals surface area contributed by atoms with Crippen LogP contribution in [-0.4, -0.2) is 0 Å². The van der Waals surface area contributed by atoms with Gasteiger partial charge in [-0.3, -0.25) is 0 Å². The standard InChI is InChI=1S/C16H23Br/c1-4-5-12-6-7-13-8-9-16(2,3)11-15(17)14(13)10-12/h6-7,10,15H,4-5,8-9,11H2,1-3H3. The van der Waals surface area contributed by atoms with Crippen LogP contribution in [0, 0.1) is 5.41 Å². The molecule has 0 spiro atoms.